The van der Waals surface area contributed by atoms with Gasteiger partial charge in [0.1, 0.15) is 5.78 Å². The first-order chi connectivity index (χ1) is 10.3. The number of likely N-dealkylation sites (tertiary alicyclic amines) is 1. The lowest BCUT2D eigenvalue weighted by Crippen LogP contribution is -2.40. The molecule has 2 rings (SSSR count). The van der Waals surface area contributed by atoms with E-state index in [0.717, 1.165) is 38.8 Å². The molecule has 1 aliphatic carbocycles. The van der Waals surface area contributed by atoms with Crippen molar-refractivity contribution in [2.24, 2.45) is 23.2 Å². The highest BCUT2D eigenvalue weighted by Gasteiger charge is 2.41. The number of Topliss-reactive ketones (excluding diaryl/α,β-unsaturated/α-hetero) is 1. The number of nitrogens with zero attached hydrogens (tertiary/aromatic N) is 1. The maximum Gasteiger partial charge on any atom is 0.219 e. The fourth-order valence-corrected chi connectivity index (χ4v) is 4.76. The Hall–Kier alpha value is -0.860. The van der Waals surface area contributed by atoms with Crippen molar-refractivity contribution >= 4 is 11.7 Å². The molecule has 1 amide bonds. The van der Waals surface area contributed by atoms with Crippen molar-refractivity contribution in [3.63, 3.8) is 0 Å². The third-order valence-corrected chi connectivity index (χ3v) is 6.10. The predicted octanol–water partition coefficient (Wildman–Crippen LogP) is 4.06. The lowest BCUT2D eigenvalue weighted by molar-refractivity contribution is -0.132. The molecule has 1 aliphatic heterocycles. The molecule has 0 N–H and O–H groups in total. The Morgan fingerprint density at radius 3 is 2.32 bits per heavy atom. The van der Waals surface area contributed by atoms with Crippen LogP contribution >= 0.6 is 0 Å². The number of carbonyl (C=O) groups excluding carboxylic acids is 2. The second-order valence-corrected chi connectivity index (χ2v) is 8.29. The number of carbonyl (C=O) groups is 2. The number of hydrogen-bond donors (Lipinski definition) is 0. The number of rotatable bonds is 4. The van der Waals surface area contributed by atoms with Crippen molar-refractivity contribution in [3.8, 4) is 0 Å². The fraction of sp³-hybridized carbons (Fsp3) is 0.895. The van der Waals surface area contributed by atoms with Gasteiger partial charge in [-0.3, -0.25) is 9.59 Å². The number of ketones is 1. The van der Waals surface area contributed by atoms with Crippen molar-refractivity contribution in [1.82, 2.24) is 4.90 Å². The van der Waals surface area contributed by atoms with Crippen LogP contribution in [0.1, 0.15) is 72.6 Å². The van der Waals surface area contributed by atoms with E-state index in [2.05, 4.69) is 20.8 Å². The first-order valence-corrected chi connectivity index (χ1v) is 9.09. The van der Waals surface area contributed by atoms with Crippen molar-refractivity contribution in [3.05, 3.63) is 0 Å². The molecule has 2 atom stereocenters. The largest absolute Gasteiger partial charge is 0.343 e. The van der Waals surface area contributed by atoms with Gasteiger partial charge in [0.25, 0.3) is 0 Å². The van der Waals surface area contributed by atoms with Crippen molar-refractivity contribution in [2.75, 3.05) is 13.1 Å². The Morgan fingerprint density at radius 2 is 1.77 bits per heavy atom. The SMILES string of the molecule is CC(=O)N1CCC(CCC(=O)[C@@H]2[C@@H](C)CCCC2(C)C)CC1. The second-order valence-electron chi connectivity index (χ2n) is 8.29. The number of piperidine rings is 1. The molecular formula is C19H33NO2. The van der Waals surface area contributed by atoms with Gasteiger partial charge >= 0.3 is 0 Å². The van der Waals surface area contributed by atoms with Crippen LogP contribution in [-0.4, -0.2) is 29.7 Å². The molecule has 0 aromatic rings. The van der Waals surface area contributed by atoms with Crippen molar-refractivity contribution in [2.45, 2.75) is 72.6 Å². The minimum Gasteiger partial charge on any atom is -0.343 e. The molecule has 22 heavy (non-hydrogen) atoms. The van der Waals surface area contributed by atoms with E-state index < -0.39 is 0 Å². The summed E-state index contributed by atoms with van der Waals surface area (Å²) in [5.74, 6) is 2.09. The lowest BCUT2D eigenvalue weighted by atomic mass is 9.62. The molecule has 0 bridgehead atoms. The molecular weight excluding hydrogens is 274 g/mol. The Labute approximate surface area is 135 Å². The standard InChI is InChI=1S/C19H33NO2/c1-14-6-5-11-19(3,4)18(14)17(22)8-7-16-9-12-20(13-10-16)15(2)21/h14,16,18H,5-13H2,1-4H3/t14-,18-/m0/s1. The Morgan fingerprint density at radius 1 is 1.14 bits per heavy atom. The molecule has 0 aromatic carbocycles. The summed E-state index contributed by atoms with van der Waals surface area (Å²) in [5.41, 5.74) is 0.173. The minimum atomic E-state index is 0.173. The lowest BCUT2D eigenvalue weighted by Gasteiger charge is -2.42. The van der Waals surface area contributed by atoms with Gasteiger partial charge in [-0.25, -0.2) is 0 Å². The molecule has 0 unspecified atom stereocenters. The Balaban J connectivity index is 1.81. The maximum atomic E-state index is 12.8. The Bertz CT molecular complexity index is 408. The first-order valence-electron chi connectivity index (χ1n) is 9.09. The molecule has 0 radical (unpaired) electrons. The van der Waals surface area contributed by atoms with Gasteiger partial charge in [0.2, 0.25) is 5.91 Å². The molecule has 126 valence electrons. The van der Waals surface area contributed by atoms with E-state index in [4.69, 9.17) is 0 Å². The van der Waals surface area contributed by atoms with Crippen LogP contribution in [0, 0.1) is 23.2 Å². The van der Waals surface area contributed by atoms with Gasteiger partial charge in [-0.1, -0.05) is 27.2 Å². The quantitative estimate of drug-likeness (QED) is 0.785. The van der Waals surface area contributed by atoms with Crippen molar-refractivity contribution in [1.29, 1.82) is 0 Å². The van der Waals surface area contributed by atoms with Gasteiger partial charge in [0.15, 0.2) is 0 Å². The third-order valence-electron chi connectivity index (χ3n) is 6.10. The summed E-state index contributed by atoms with van der Waals surface area (Å²) >= 11 is 0. The van der Waals surface area contributed by atoms with Gasteiger partial charge in [-0.15, -0.1) is 0 Å². The van der Waals surface area contributed by atoms with Gasteiger partial charge in [-0.2, -0.15) is 0 Å². The molecule has 0 aromatic heterocycles. The van der Waals surface area contributed by atoms with Crippen LogP contribution < -0.4 is 0 Å². The fourth-order valence-electron chi connectivity index (χ4n) is 4.76. The molecule has 1 saturated heterocycles. The van der Waals surface area contributed by atoms with Crippen LogP contribution in [0.3, 0.4) is 0 Å². The van der Waals surface area contributed by atoms with E-state index in [-0.39, 0.29) is 17.2 Å². The van der Waals surface area contributed by atoms with Crippen LogP contribution in [0.5, 0.6) is 0 Å². The third kappa shape index (κ3) is 4.11. The zero-order valence-corrected chi connectivity index (χ0v) is 14.9. The molecule has 0 spiro atoms. The van der Waals surface area contributed by atoms with Crippen LogP contribution in [0.2, 0.25) is 0 Å². The highest BCUT2D eigenvalue weighted by Crippen LogP contribution is 2.45. The molecule has 3 heteroatoms. The van der Waals surface area contributed by atoms with Crippen LogP contribution in [0.25, 0.3) is 0 Å². The van der Waals surface area contributed by atoms with Crippen LogP contribution in [0.4, 0.5) is 0 Å². The summed E-state index contributed by atoms with van der Waals surface area (Å²) in [4.78, 5) is 26.1. The normalized spacial score (nSPS) is 29.4. The monoisotopic (exact) mass is 307 g/mol. The van der Waals surface area contributed by atoms with E-state index in [1.54, 1.807) is 6.92 Å². The van der Waals surface area contributed by atoms with Gasteiger partial charge in [-0.05, 0) is 49.4 Å². The topological polar surface area (TPSA) is 37.4 Å². The maximum absolute atomic E-state index is 12.8. The van der Waals surface area contributed by atoms with Crippen molar-refractivity contribution < 1.29 is 9.59 Å². The second kappa shape index (κ2) is 7.14. The van der Waals surface area contributed by atoms with E-state index in [1.165, 1.54) is 19.3 Å². The van der Waals surface area contributed by atoms with E-state index in [9.17, 15) is 9.59 Å². The van der Waals surface area contributed by atoms with Gasteiger partial charge < -0.3 is 4.90 Å². The Kier molecular flexibility index (Phi) is 5.68. The first kappa shape index (κ1) is 17.5. The van der Waals surface area contributed by atoms with Gasteiger partial charge in [0, 0.05) is 32.4 Å². The summed E-state index contributed by atoms with van der Waals surface area (Å²) < 4.78 is 0. The average molecular weight is 307 g/mol. The number of hydrogen-bond acceptors (Lipinski definition) is 2. The zero-order valence-electron chi connectivity index (χ0n) is 14.9. The summed E-state index contributed by atoms with van der Waals surface area (Å²) in [6.07, 6.45) is 7.54. The molecule has 1 heterocycles. The molecule has 2 aliphatic rings. The molecule has 2 fully saturated rings. The molecule has 1 saturated carbocycles. The van der Waals surface area contributed by atoms with Gasteiger partial charge in [0.05, 0.1) is 0 Å². The van der Waals surface area contributed by atoms with Crippen LogP contribution in [-0.2, 0) is 9.59 Å². The van der Waals surface area contributed by atoms with E-state index >= 15 is 0 Å². The summed E-state index contributed by atoms with van der Waals surface area (Å²) in [6.45, 7) is 10.2. The van der Waals surface area contributed by atoms with Crippen LogP contribution in [0.15, 0.2) is 0 Å². The average Bonchev–Trinajstić information content (AvgIpc) is 2.44. The van der Waals surface area contributed by atoms with E-state index in [1.807, 2.05) is 4.90 Å². The summed E-state index contributed by atoms with van der Waals surface area (Å²) in [7, 11) is 0. The highest BCUT2D eigenvalue weighted by atomic mass is 16.2. The zero-order chi connectivity index (χ0) is 16.3. The smallest absolute Gasteiger partial charge is 0.219 e. The summed E-state index contributed by atoms with van der Waals surface area (Å²) in [6, 6.07) is 0. The summed E-state index contributed by atoms with van der Waals surface area (Å²) in [5, 5.41) is 0. The number of amides is 1. The van der Waals surface area contributed by atoms with E-state index in [0.29, 0.717) is 17.6 Å². The minimum absolute atomic E-state index is 0.173. The predicted molar refractivity (Wildman–Crippen MR) is 89.5 cm³/mol. The molecule has 3 nitrogen and oxygen atoms in total. The highest BCUT2D eigenvalue weighted by molar-refractivity contribution is 5.82.